The van der Waals surface area contributed by atoms with E-state index >= 15 is 0 Å². The molecule has 3 nitrogen and oxygen atoms in total. The molecule has 0 atom stereocenters. The fourth-order valence-electron chi connectivity index (χ4n) is 1.89. The van der Waals surface area contributed by atoms with Gasteiger partial charge in [-0.3, -0.25) is 5.43 Å². The van der Waals surface area contributed by atoms with E-state index in [1.165, 1.54) is 0 Å². The van der Waals surface area contributed by atoms with E-state index < -0.39 is 0 Å². The second-order valence-electron chi connectivity index (χ2n) is 4.30. The lowest BCUT2D eigenvalue weighted by molar-refractivity contribution is 0.410. The van der Waals surface area contributed by atoms with E-state index in [0.29, 0.717) is 0 Å². The number of hydrogen-bond acceptors (Lipinski definition) is 3. The van der Waals surface area contributed by atoms with Crippen LogP contribution in [0.2, 0.25) is 0 Å². The minimum atomic E-state index is 0.775. The van der Waals surface area contributed by atoms with Gasteiger partial charge in [-0.1, -0.05) is 24.3 Å². The molecule has 20 heavy (non-hydrogen) atoms. The third-order valence-electron chi connectivity index (χ3n) is 2.85. The molecule has 0 unspecified atom stereocenters. The van der Waals surface area contributed by atoms with Gasteiger partial charge in [0.2, 0.25) is 0 Å². The summed E-state index contributed by atoms with van der Waals surface area (Å²) in [6.45, 7) is 3.76. The Morgan fingerprint density at radius 1 is 1.20 bits per heavy atom. The normalized spacial score (nSPS) is 10.4. The van der Waals surface area contributed by atoms with Crippen molar-refractivity contribution >= 4 is 11.9 Å². The molecule has 102 valence electrons. The summed E-state index contributed by atoms with van der Waals surface area (Å²) in [6, 6.07) is 15.8. The minimum Gasteiger partial charge on any atom is -0.496 e. The number of rotatable bonds is 6. The van der Waals surface area contributed by atoms with Crippen molar-refractivity contribution in [2.75, 3.05) is 12.5 Å². The van der Waals surface area contributed by atoms with Gasteiger partial charge in [0, 0.05) is 0 Å². The molecule has 2 aromatic rings. The standard InChI is InChI=1S/C17H18N2O/c1-3-7-15-12-14(10-11-17(15)20-2)13-18-19-16-8-5-4-6-9-16/h3-6,8-13,19H,1,7H2,2H3. The van der Waals surface area contributed by atoms with Gasteiger partial charge >= 0.3 is 0 Å². The lowest BCUT2D eigenvalue weighted by atomic mass is 10.1. The Bertz CT molecular complexity index is 591. The Morgan fingerprint density at radius 2 is 2.00 bits per heavy atom. The molecule has 0 saturated carbocycles. The van der Waals surface area contributed by atoms with Crippen LogP contribution in [-0.4, -0.2) is 13.3 Å². The molecule has 0 aliphatic rings. The molecule has 3 heteroatoms. The Hall–Kier alpha value is -2.55. The molecule has 0 heterocycles. The first kappa shape index (κ1) is 13.9. The number of ether oxygens (including phenoxy) is 1. The van der Waals surface area contributed by atoms with Crippen LogP contribution in [-0.2, 0) is 6.42 Å². The maximum atomic E-state index is 5.32. The summed E-state index contributed by atoms with van der Waals surface area (Å²) in [6.07, 6.45) is 4.43. The Morgan fingerprint density at radius 3 is 2.70 bits per heavy atom. The highest BCUT2D eigenvalue weighted by molar-refractivity contribution is 5.81. The molecule has 0 amide bonds. The van der Waals surface area contributed by atoms with Gasteiger partial charge in [-0.05, 0) is 47.9 Å². The summed E-state index contributed by atoms with van der Waals surface area (Å²) >= 11 is 0. The first-order valence-electron chi connectivity index (χ1n) is 6.45. The third-order valence-corrected chi connectivity index (χ3v) is 2.85. The van der Waals surface area contributed by atoms with Gasteiger partial charge in [0.1, 0.15) is 5.75 Å². The van der Waals surface area contributed by atoms with Gasteiger partial charge in [0.15, 0.2) is 0 Å². The maximum Gasteiger partial charge on any atom is 0.122 e. The molecule has 0 aliphatic heterocycles. The van der Waals surface area contributed by atoms with Crippen molar-refractivity contribution in [3.05, 3.63) is 72.3 Å². The summed E-state index contributed by atoms with van der Waals surface area (Å²) in [5.41, 5.74) is 6.08. The summed E-state index contributed by atoms with van der Waals surface area (Å²) in [5.74, 6) is 0.873. The third kappa shape index (κ3) is 3.72. The Kier molecular flexibility index (Phi) is 4.95. The average Bonchev–Trinajstić information content (AvgIpc) is 2.49. The van der Waals surface area contributed by atoms with Crippen LogP contribution in [0.4, 0.5) is 5.69 Å². The van der Waals surface area contributed by atoms with Crippen LogP contribution in [0.3, 0.4) is 0 Å². The van der Waals surface area contributed by atoms with Gasteiger partial charge in [0.05, 0.1) is 19.0 Å². The molecule has 0 bridgehead atoms. The van der Waals surface area contributed by atoms with Crippen LogP contribution < -0.4 is 10.2 Å². The molecule has 0 aliphatic carbocycles. The molecule has 1 N–H and O–H groups in total. The number of benzene rings is 2. The summed E-state index contributed by atoms with van der Waals surface area (Å²) < 4.78 is 5.32. The number of nitrogens with one attached hydrogen (secondary N) is 1. The molecule has 0 fully saturated rings. The number of hydrogen-bond donors (Lipinski definition) is 1. The van der Waals surface area contributed by atoms with Gasteiger partial charge < -0.3 is 4.74 Å². The number of nitrogens with zero attached hydrogens (tertiary/aromatic N) is 1. The smallest absolute Gasteiger partial charge is 0.122 e. The summed E-state index contributed by atoms with van der Waals surface area (Å²) in [5, 5.41) is 4.23. The fraction of sp³-hybridized carbons (Fsp3) is 0.118. The predicted molar refractivity (Wildman–Crippen MR) is 84.6 cm³/mol. The first-order valence-corrected chi connectivity index (χ1v) is 6.45. The average molecular weight is 266 g/mol. The van der Waals surface area contributed by atoms with Gasteiger partial charge in [-0.2, -0.15) is 5.10 Å². The fourth-order valence-corrected chi connectivity index (χ4v) is 1.89. The van der Waals surface area contributed by atoms with Crippen LogP contribution >= 0.6 is 0 Å². The number of methoxy groups -OCH3 is 1. The highest BCUT2D eigenvalue weighted by Crippen LogP contribution is 2.20. The summed E-state index contributed by atoms with van der Waals surface area (Å²) in [4.78, 5) is 0. The van der Waals surface area contributed by atoms with Crippen LogP contribution in [0.15, 0.2) is 66.3 Å². The van der Waals surface area contributed by atoms with E-state index in [0.717, 1.165) is 29.0 Å². The highest BCUT2D eigenvalue weighted by Gasteiger charge is 2.01. The maximum absolute atomic E-state index is 5.32. The highest BCUT2D eigenvalue weighted by atomic mass is 16.5. The van der Waals surface area contributed by atoms with Crippen LogP contribution in [0.25, 0.3) is 0 Å². The van der Waals surface area contributed by atoms with Gasteiger partial charge in [0.25, 0.3) is 0 Å². The van der Waals surface area contributed by atoms with E-state index in [9.17, 15) is 0 Å². The molecule has 0 radical (unpaired) electrons. The molecule has 0 aromatic heterocycles. The lowest BCUT2D eigenvalue weighted by Gasteiger charge is -2.07. The number of anilines is 1. The SMILES string of the molecule is C=CCc1cc(C=NNc2ccccc2)ccc1OC. The second-order valence-corrected chi connectivity index (χ2v) is 4.30. The van der Waals surface area contributed by atoms with Gasteiger partial charge in [-0.25, -0.2) is 0 Å². The van der Waals surface area contributed by atoms with E-state index in [1.54, 1.807) is 13.3 Å². The van der Waals surface area contributed by atoms with Crippen LogP contribution in [0, 0.1) is 0 Å². The Labute approximate surface area is 119 Å². The number of para-hydroxylation sites is 1. The number of allylic oxidation sites excluding steroid dienone is 1. The monoisotopic (exact) mass is 266 g/mol. The first-order chi connectivity index (χ1) is 9.83. The van der Waals surface area contributed by atoms with Crippen molar-refractivity contribution in [2.24, 2.45) is 5.10 Å². The zero-order valence-electron chi connectivity index (χ0n) is 11.5. The topological polar surface area (TPSA) is 33.6 Å². The molecular formula is C17H18N2O. The molecule has 2 rings (SSSR count). The van der Waals surface area contributed by atoms with E-state index in [4.69, 9.17) is 4.74 Å². The molecule has 0 spiro atoms. The number of hydrazone groups is 1. The van der Waals surface area contributed by atoms with Crippen molar-refractivity contribution in [1.29, 1.82) is 0 Å². The minimum absolute atomic E-state index is 0.775. The molecule has 2 aromatic carbocycles. The molecular weight excluding hydrogens is 248 g/mol. The largest absolute Gasteiger partial charge is 0.496 e. The predicted octanol–water partition coefficient (Wildman–Crippen LogP) is 3.87. The zero-order valence-corrected chi connectivity index (χ0v) is 11.5. The van der Waals surface area contributed by atoms with E-state index in [1.807, 2.05) is 48.5 Å². The van der Waals surface area contributed by atoms with Crippen molar-refractivity contribution < 1.29 is 4.74 Å². The van der Waals surface area contributed by atoms with E-state index in [-0.39, 0.29) is 0 Å². The summed E-state index contributed by atoms with van der Waals surface area (Å²) in [7, 11) is 1.67. The van der Waals surface area contributed by atoms with E-state index in [2.05, 4.69) is 23.2 Å². The Balaban J connectivity index is 2.09. The van der Waals surface area contributed by atoms with Crippen LogP contribution in [0.5, 0.6) is 5.75 Å². The second kappa shape index (κ2) is 7.14. The van der Waals surface area contributed by atoms with Crippen molar-refractivity contribution in [1.82, 2.24) is 0 Å². The van der Waals surface area contributed by atoms with Crippen LogP contribution in [0.1, 0.15) is 11.1 Å². The van der Waals surface area contributed by atoms with Gasteiger partial charge in [-0.15, -0.1) is 6.58 Å². The zero-order chi connectivity index (χ0) is 14.2. The van der Waals surface area contributed by atoms with Crippen molar-refractivity contribution in [2.45, 2.75) is 6.42 Å². The van der Waals surface area contributed by atoms with Crippen molar-refractivity contribution in [3.63, 3.8) is 0 Å². The lowest BCUT2D eigenvalue weighted by Crippen LogP contribution is -1.94. The quantitative estimate of drug-likeness (QED) is 0.489. The molecule has 0 saturated heterocycles. The van der Waals surface area contributed by atoms with Crippen molar-refractivity contribution in [3.8, 4) is 5.75 Å².